The second-order valence-electron chi connectivity index (χ2n) is 11.7. The van der Waals surface area contributed by atoms with E-state index in [1.54, 1.807) is 6.92 Å². The molecule has 3 heteroatoms. The molecule has 0 aliphatic heterocycles. The van der Waals surface area contributed by atoms with E-state index in [9.17, 15) is 9.59 Å². The van der Waals surface area contributed by atoms with Crippen LogP contribution in [0.4, 0.5) is 0 Å². The molecule has 166 valence electrons. The molecule has 0 aromatic heterocycles. The summed E-state index contributed by atoms with van der Waals surface area (Å²) in [6.07, 6.45) is 15.0. The fourth-order valence-electron chi connectivity index (χ4n) is 9.54. The Balaban J connectivity index is 1.34. The Morgan fingerprint density at radius 1 is 0.867 bits per heavy atom. The molecule has 0 heterocycles. The maximum atomic E-state index is 12.3. The highest BCUT2D eigenvalue weighted by Crippen LogP contribution is 2.65. The summed E-state index contributed by atoms with van der Waals surface area (Å²) in [5.41, 5.74) is 1.27. The highest BCUT2D eigenvalue weighted by molar-refractivity contribution is 5.66. The molecule has 0 N–H and O–H groups in total. The van der Waals surface area contributed by atoms with Gasteiger partial charge in [-0.15, -0.1) is 0 Å². The van der Waals surface area contributed by atoms with Crippen LogP contribution in [0.15, 0.2) is 12.2 Å². The molecule has 0 bridgehead atoms. The van der Waals surface area contributed by atoms with Gasteiger partial charge in [0.05, 0.1) is 0 Å². The summed E-state index contributed by atoms with van der Waals surface area (Å²) in [6.45, 7) is 8.09. The van der Waals surface area contributed by atoms with Gasteiger partial charge in [0.15, 0.2) is 0 Å². The predicted molar refractivity (Wildman–Crippen MR) is 118 cm³/mol. The van der Waals surface area contributed by atoms with E-state index in [2.05, 4.69) is 13.5 Å². The third-order valence-corrected chi connectivity index (χ3v) is 10.5. The highest BCUT2D eigenvalue weighted by Gasteiger charge is 2.59. The van der Waals surface area contributed by atoms with Gasteiger partial charge in [-0.1, -0.05) is 12.2 Å². The zero-order valence-corrected chi connectivity index (χ0v) is 19.0. The average molecular weight is 413 g/mol. The monoisotopic (exact) mass is 412 g/mol. The zero-order valence-electron chi connectivity index (χ0n) is 19.0. The number of allylic oxidation sites excluding steroid dienone is 1. The van der Waals surface area contributed by atoms with Crippen molar-refractivity contribution in [2.45, 2.75) is 90.6 Å². The Labute approximate surface area is 182 Å². The third-order valence-electron chi connectivity index (χ3n) is 10.5. The Bertz CT molecular complexity index is 713. The van der Waals surface area contributed by atoms with Crippen molar-refractivity contribution < 1.29 is 14.3 Å². The number of carbonyl (C=O) groups is 2. The minimum atomic E-state index is -0.114. The zero-order chi connectivity index (χ0) is 21.0. The molecule has 0 saturated heterocycles. The van der Waals surface area contributed by atoms with Crippen molar-refractivity contribution in [3.8, 4) is 0 Å². The first-order valence-corrected chi connectivity index (χ1v) is 12.7. The quantitative estimate of drug-likeness (QED) is 0.326. The van der Waals surface area contributed by atoms with E-state index in [1.807, 2.05) is 0 Å². The van der Waals surface area contributed by atoms with Crippen molar-refractivity contribution in [1.82, 2.24) is 0 Å². The molecule has 30 heavy (non-hydrogen) atoms. The topological polar surface area (TPSA) is 43.4 Å². The van der Waals surface area contributed by atoms with E-state index in [4.69, 9.17) is 4.74 Å². The van der Waals surface area contributed by atoms with Crippen LogP contribution in [0.1, 0.15) is 84.5 Å². The number of esters is 1. The predicted octanol–water partition coefficient (Wildman–Crippen LogP) is 5.97. The van der Waals surface area contributed by atoms with Gasteiger partial charge in [0, 0.05) is 12.3 Å². The molecule has 5 fully saturated rings. The van der Waals surface area contributed by atoms with Crippen molar-refractivity contribution in [3.63, 3.8) is 0 Å². The van der Waals surface area contributed by atoms with Crippen molar-refractivity contribution >= 4 is 12.3 Å². The lowest BCUT2D eigenvalue weighted by Gasteiger charge is -2.58. The third kappa shape index (κ3) is 3.21. The second kappa shape index (κ2) is 7.78. The van der Waals surface area contributed by atoms with E-state index in [-0.39, 0.29) is 17.5 Å². The van der Waals surface area contributed by atoms with Crippen LogP contribution in [0.2, 0.25) is 0 Å². The number of ether oxygens (including phenoxy) is 1. The fourth-order valence-corrected chi connectivity index (χ4v) is 9.54. The first kappa shape index (κ1) is 20.8. The van der Waals surface area contributed by atoms with Gasteiger partial charge < -0.3 is 9.53 Å². The smallest absolute Gasteiger partial charge is 0.302 e. The van der Waals surface area contributed by atoms with Crippen LogP contribution in [0.3, 0.4) is 0 Å². The van der Waals surface area contributed by atoms with E-state index < -0.39 is 0 Å². The molecule has 3 nitrogen and oxygen atoms in total. The van der Waals surface area contributed by atoms with Crippen LogP contribution >= 0.6 is 0 Å². The van der Waals surface area contributed by atoms with Crippen molar-refractivity contribution in [2.24, 2.45) is 52.8 Å². The number of hydrogen-bond acceptors (Lipinski definition) is 3. The largest absolute Gasteiger partial charge is 0.463 e. The summed E-state index contributed by atoms with van der Waals surface area (Å²) in [5, 5.41) is 0. The normalized spacial score (nSPS) is 49.7. The standard InChI is InChI=1S/C27H40O3/c1-16(2)20-10-12-27(15-28)13-11-24-23-6-4-18-14-19(30-17(3)29)5-7-21(18)22(23)8-9-25(24)26(20)27/h15,18-26H,1,4-14H2,2-3H3. The van der Waals surface area contributed by atoms with Gasteiger partial charge in [-0.2, -0.15) is 0 Å². The van der Waals surface area contributed by atoms with Gasteiger partial charge >= 0.3 is 5.97 Å². The van der Waals surface area contributed by atoms with Gasteiger partial charge in [-0.05, 0) is 125 Å². The van der Waals surface area contributed by atoms with Gasteiger partial charge in [0.1, 0.15) is 12.4 Å². The van der Waals surface area contributed by atoms with Crippen LogP contribution in [0.5, 0.6) is 0 Å². The van der Waals surface area contributed by atoms with Crippen LogP contribution in [0, 0.1) is 52.8 Å². The molecule has 10 unspecified atom stereocenters. The fraction of sp³-hybridized carbons (Fsp3) is 0.852. The maximum Gasteiger partial charge on any atom is 0.302 e. The minimum absolute atomic E-state index is 0.0447. The summed E-state index contributed by atoms with van der Waals surface area (Å²) in [5.74, 6) is 5.92. The van der Waals surface area contributed by atoms with E-state index in [1.165, 1.54) is 56.8 Å². The number of aldehydes is 1. The second-order valence-corrected chi connectivity index (χ2v) is 11.7. The van der Waals surface area contributed by atoms with Crippen LogP contribution < -0.4 is 0 Å². The molecular formula is C27H40O3. The lowest BCUT2D eigenvalue weighted by Crippen LogP contribution is -2.52. The Morgan fingerprint density at radius 2 is 1.50 bits per heavy atom. The summed E-state index contributed by atoms with van der Waals surface area (Å²) < 4.78 is 5.59. The summed E-state index contributed by atoms with van der Waals surface area (Å²) in [4.78, 5) is 23.7. The number of fused-ring (bicyclic) bond motifs is 7. The molecule has 0 radical (unpaired) electrons. The number of hydrogen-bond donors (Lipinski definition) is 0. The van der Waals surface area contributed by atoms with Crippen LogP contribution in [-0.2, 0) is 14.3 Å². The van der Waals surface area contributed by atoms with Gasteiger partial charge in [-0.3, -0.25) is 4.79 Å². The lowest BCUT2D eigenvalue weighted by atomic mass is 9.46. The minimum Gasteiger partial charge on any atom is -0.463 e. The van der Waals surface area contributed by atoms with Gasteiger partial charge in [0.25, 0.3) is 0 Å². The van der Waals surface area contributed by atoms with E-state index in [0.29, 0.717) is 11.8 Å². The Hall–Kier alpha value is -1.12. The van der Waals surface area contributed by atoms with Crippen LogP contribution in [-0.4, -0.2) is 18.4 Å². The van der Waals surface area contributed by atoms with E-state index >= 15 is 0 Å². The number of carbonyl (C=O) groups excluding carboxylic acids is 2. The molecule has 5 rings (SSSR count). The molecule has 0 aromatic rings. The number of rotatable bonds is 3. The molecule has 5 aliphatic carbocycles. The Kier molecular flexibility index (Phi) is 5.39. The molecule has 5 saturated carbocycles. The first-order chi connectivity index (χ1) is 14.4. The van der Waals surface area contributed by atoms with Gasteiger partial charge in [-0.25, -0.2) is 0 Å². The van der Waals surface area contributed by atoms with Gasteiger partial charge in [0.2, 0.25) is 0 Å². The molecule has 0 amide bonds. The molecule has 10 atom stereocenters. The Morgan fingerprint density at radius 3 is 2.23 bits per heavy atom. The lowest BCUT2D eigenvalue weighted by molar-refractivity contribution is -0.152. The average Bonchev–Trinajstić information content (AvgIpc) is 3.13. The maximum absolute atomic E-state index is 12.3. The van der Waals surface area contributed by atoms with E-state index in [0.717, 1.165) is 61.2 Å². The molecule has 0 spiro atoms. The van der Waals surface area contributed by atoms with Crippen LogP contribution in [0.25, 0.3) is 0 Å². The first-order valence-electron chi connectivity index (χ1n) is 12.7. The molecule has 5 aliphatic rings. The SMILES string of the molecule is C=C(C)C1CCC2(C=O)CCC3C4CCC5CC(OC(C)=O)CCC5C4CCC3C12. The van der Waals surface area contributed by atoms with Crippen molar-refractivity contribution in [1.29, 1.82) is 0 Å². The summed E-state index contributed by atoms with van der Waals surface area (Å²) >= 11 is 0. The summed E-state index contributed by atoms with van der Waals surface area (Å²) in [7, 11) is 0. The molecular weight excluding hydrogens is 372 g/mol. The highest BCUT2D eigenvalue weighted by atomic mass is 16.5. The van der Waals surface area contributed by atoms with Crippen molar-refractivity contribution in [2.75, 3.05) is 0 Å². The van der Waals surface area contributed by atoms with Crippen molar-refractivity contribution in [3.05, 3.63) is 12.2 Å². The summed E-state index contributed by atoms with van der Waals surface area (Å²) in [6, 6.07) is 0. The molecule has 0 aromatic carbocycles.